The summed E-state index contributed by atoms with van der Waals surface area (Å²) in [6.07, 6.45) is 4.26. The number of aliphatic imine (C=N–C) groups is 1. The fraction of sp³-hybridized carbons (Fsp3) is 0.600. The normalized spacial score (nSPS) is 17.3. The van der Waals surface area contributed by atoms with Gasteiger partial charge in [-0.05, 0) is 38.1 Å². The average Bonchev–Trinajstić information content (AvgIpc) is 3.40. The van der Waals surface area contributed by atoms with Crippen molar-refractivity contribution in [3.8, 4) is 0 Å². The van der Waals surface area contributed by atoms with E-state index in [1.165, 1.54) is 12.8 Å². The van der Waals surface area contributed by atoms with Crippen LogP contribution in [0, 0.1) is 0 Å². The molecule has 1 fully saturated rings. The van der Waals surface area contributed by atoms with Gasteiger partial charge in [0.2, 0.25) is 0 Å². The molecule has 3 heterocycles. The van der Waals surface area contributed by atoms with Gasteiger partial charge in [0.25, 0.3) is 0 Å². The van der Waals surface area contributed by atoms with Gasteiger partial charge in [0.1, 0.15) is 10.8 Å². The van der Waals surface area contributed by atoms with Gasteiger partial charge in [-0.2, -0.15) is 0 Å². The zero-order valence-corrected chi connectivity index (χ0v) is 17.6. The van der Waals surface area contributed by atoms with Crippen LogP contribution < -0.4 is 10.6 Å². The lowest BCUT2D eigenvalue weighted by Crippen LogP contribution is -2.42. The molecule has 0 aromatic carbocycles. The minimum Gasteiger partial charge on any atom is -0.468 e. The van der Waals surface area contributed by atoms with Crippen LogP contribution in [0.15, 0.2) is 33.2 Å². The summed E-state index contributed by atoms with van der Waals surface area (Å²) in [5.74, 6) is 1.80. The van der Waals surface area contributed by atoms with Gasteiger partial charge in [-0.3, -0.25) is 9.89 Å². The topological polar surface area (TPSA) is 65.7 Å². The van der Waals surface area contributed by atoms with Crippen LogP contribution in [0.2, 0.25) is 0 Å². The fourth-order valence-electron chi connectivity index (χ4n) is 3.25. The first-order valence-corrected chi connectivity index (χ1v) is 10.5. The van der Waals surface area contributed by atoms with Crippen molar-refractivity contribution in [3.63, 3.8) is 0 Å². The molecule has 1 aliphatic heterocycles. The van der Waals surface area contributed by atoms with E-state index >= 15 is 0 Å². The van der Waals surface area contributed by atoms with Crippen molar-refractivity contribution in [1.82, 2.24) is 20.5 Å². The van der Waals surface area contributed by atoms with Crippen molar-refractivity contribution in [2.75, 3.05) is 26.7 Å². The third-order valence-electron chi connectivity index (χ3n) is 4.87. The van der Waals surface area contributed by atoms with Crippen molar-refractivity contribution in [2.45, 2.75) is 51.6 Å². The summed E-state index contributed by atoms with van der Waals surface area (Å²) in [5.41, 5.74) is 1.22. The van der Waals surface area contributed by atoms with Crippen molar-refractivity contribution >= 4 is 17.3 Å². The molecule has 0 radical (unpaired) electrons. The van der Waals surface area contributed by atoms with Gasteiger partial charge in [0, 0.05) is 24.4 Å². The SMILES string of the molecule is CN=C(NCc1nc(C(C)(C)C)cs1)NCC(c1ccco1)N1CCCC1. The Kier molecular flexibility index (Phi) is 6.55. The number of nitrogens with one attached hydrogen (secondary N) is 2. The van der Waals surface area contributed by atoms with Gasteiger partial charge in [-0.15, -0.1) is 11.3 Å². The molecule has 0 aliphatic carbocycles. The number of rotatable bonds is 6. The highest BCUT2D eigenvalue weighted by atomic mass is 32.1. The molecule has 2 aromatic heterocycles. The number of aromatic nitrogens is 1. The molecule has 0 amide bonds. The number of thiazole rings is 1. The second-order valence-electron chi connectivity index (χ2n) is 7.96. The molecule has 7 heteroatoms. The van der Waals surface area contributed by atoms with Gasteiger partial charge in [0.05, 0.1) is 24.5 Å². The summed E-state index contributed by atoms with van der Waals surface area (Å²) in [6.45, 7) is 10.2. The zero-order chi connectivity index (χ0) is 19.3. The fourth-order valence-corrected chi connectivity index (χ4v) is 4.21. The summed E-state index contributed by atoms with van der Waals surface area (Å²) in [7, 11) is 1.80. The number of guanidine groups is 1. The largest absolute Gasteiger partial charge is 0.468 e. The van der Waals surface area contributed by atoms with Crippen molar-refractivity contribution < 1.29 is 4.42 Å². The third-order valence-corrected chi connectivity index (χ3v) is 5.72. The maximum Gasteiger partial charge on any atom is 0.191 e. The van der Waals surface area contributed by atoms with Crippen molar-refractivity contribution in [3.05, 3.63) is 40.2 Å². The molecule has 1 unspecified atom stereocenters. The summed E-state index contributed by atoms with van der Waals surface area (Å²) in [4.78, 5) is 11.6. The summed E-state index contributed by atoms with van der Waals surface area (Å²) >= 11 is 1.69. The molecular weight excluding hydrogens is 358 g/mol. The summed E-state index contributed by atoms with van der Waals surface area (Å²) in [6, 6.07) is 4.25. The van der Waals surface area contributed by atoms with E-state index in [2.05, 4.69) is 52.7 Å². The Morgan fingerprint density at radius 3 is 2.70 bits per heavy atom. The minimum absolute atomic E-state index is 0.0840. The van der Waals surface area contributed by atoms with E-state index in [1.54, 1.807) is 24.6 Å². The molecule has 0 spiro atoms. The molecule has 27 heavy (non-hydrogen) atoms. The van der Waals surface area contributed by atoms with Crippen LogP contribution in [0.5, 0.6) is 0 Å². The monoisotopic (exact) mass is 389 g/mol. The lowest BCUT2D eigenvalue weighted by atomic mass is 9.93. The molecule has 148 valence electrons. The number of furan rings is 1. The van der Waals surface area contributed by atoms with E-state index in [0.29, 0.717) is 6.54 Å². The van der Waals surface area contributed by atoms with Crippen LogP contribution in [-0.2, 0) is 12.0 Å². The summed E-state index contributed by atoms with van der Waals surface area (Å²) < 4.78 is 5.69. The van der Waals surface area contributed by atoms with Crippen molar-refractivity contribution in [1.29, 1.82) is 0 Å². The summed E-state index contributed by atoms with van der Waals surface area (Å²) in [5, 5.41) is 10.1. The standard InChI is InChI=1S/C20H31N5OS/c1-20(2,3)17-14-27-18(24-17)13-23-19(21-4)22-12-15(16-8-7-11-26-16)25-9-5-6-10-25/h7-8,11,14-15H,5-6,9-10,12-13H2,1-4H3,(H2,21,22,23). The minimum atomic E-state index is 0.0840. The van der Waals surface area contributed by atoms with Crippen LogP contribution in [0.25, 0.3) is 0 Å². The highest BCUT2D eigenvalue weighted by molar-refractivity contribution is 7.09. The van der Waals surface area contributed by atoms with Crippen molar-refractivity contribution in [2.24, 2.45) is 4.99 Å². The molecule has 1 saturated heterocycles. The third kappa shape index (κ3) is 5.32. The molecule has 6 nitrogen and oxygen atoms in total. The first-order chi connectivity index (χ1) is 13.0. The van der Waals surface area contributed by atoms with Crippen LogP contribution >= 0.6 is 11.3 Å². The molecule has 0 bridgehead atoms. The molecule has 2 N–H and O–H groups in total. The molecule has 0 saturated carbocycles. The van der Waals surface area contributed by atoms with Gasteiger partial charge in [-0.1, -0.05) is 20.8 Å². The Labute approximate surface area is 166 Å². The number of hydrogen-bond donors (Lipinski definition) is 2. The average molecular weight is 390 g/mol. The van der Waals surface area contributed by atoms with E-state index in [4.69, 9.17) is 9.40 Å². The Morgan fingerprint density at radius 1 is 1.33 bits per heavy atom. The lowest BCUT2D eigenvalue weighted by Gasteiger charge is -2.26. The van der Waals surface area contributed by atoms with E-state index in [-0.39, 0.29) is 11.5 Å². The van der Waals surface area contributed by atoms with Gasteiger partial charge in [-0.25, -0.2) is 4.98 Å². The van der Waals surface area contributed by atoms with Crippen LogP contribution in [0.3, 0.4) is 0 Å². The zero-order valence-electron chi connectivity index (χ0n) is 16.8. The van der Waals surface area contributed by atoms with E-state index in [1.807, 2.05) is 6.07 Å². The molecule has 3 rings (SSSR count). The molecular formula is C20H31N5OS. The Bertz CT molecular complexity index is 726. The lowest BCUT2D eigenvalue weighted by molar-refractivity contribution is 0.215. The number of hydrogen-bond acceptors (Lipinski definition) is 5. The van der Waals surface area contributed by atoms with Crippen LogP contribution in [0.1, 0.15) is 56.1 Å². The maximum absolute atomic E-state index is 5.69. The molecule has 1 aliphatic rings. The number of nitrogens with zero attached hydrogens (tertiary/aromatic N) is 3. The van der Waals surface area contributed by atoms with Crippen LogP contribution in [0.4, 0.5) is 0 Å². The van der Waals surface area contributed by atoms with Gasteiger partial charge < -0.3 is 15.1 Å². The quantitative estimate of drug-likeness (QED) is 0.584. The first-order valence-electron chi connectivity index (χ1n) is 9.64. The molecule has 1 atom stereocenters. The Hall–Kier alpha value is -1.86. The predicted molar refractivity (Wildman–Crippen MR) is 111 cm³/mol. The van der Waals surface area contributed by atoms with E-state index in [9.17, 15) is 0 Å². The predicted octanol–water partition coefficient (Wildman–Crippen LogP) is 3.54. The second-order valence-corrected chi connectivity index (χ2v) is 8.90. The van der Waals surface area contributed by atoms with E-state index < -0.39 is 0 Å². The first kappa shape index (κ1) is 19.9. The van der Waals surface area contributed by atoms with Gasteiger partial charge in [0.15, 0.2) is 5.96 Å². The maximum atomic E-state index is 5.69. The highest BCUT2D eigenvalue weighted by Crippen LogP contribution is 2.25. The van der Waals surface area contributed by atoms with E-state index in [0.717, 1.165) is 42.1 Å². The number of likely N-dealkylation sites (tertiary alicyclic amines) is 1. The van der Waals surface area contributed by atoms with Crippen LogP contribution in [-0.4, -0.2) is 42.5 Å². The molecule has 2 aromatic rings. The smallest absolute Gasteiger partial charge is 0.191 e. The van der Waals surface area contributed by atoms with Gasteiger partial charge >= 0.3 is 0 Å². The Morgan fingerprint density at radius 2 is 2.11 bits per heavy atom. The second kappa shape index (κ2) is 8.89. The highest BCUT2D eigenvalue weighted by Gasteiger charge is 2.25. The Balaban J connectivity index is 1.55.